The van der Waals surface area contributed by atoms with E-state index in [-0.39, 0.29) is 17.4 Å². The Labute approximate surface area is 187 Å². The van der Waals surface area contributed by atoms with Crippen LogP contribution in [0.2, 0.25) is 0 Å². The highest BCUT2D eigenvalue weighted by molar-refractivity contribution is 6.05. The van der Waals surface area contributed by atoms with Crippen LogP contribution in [0.25, 0.3) is 10.9 Å². The number of aromatic nitrogens is 1. The van der Waals surface area contributed by atoms with Crippen LogP contribution in [0.1, 0.15) is 36.5 Å². The number of nitrogens with one attached hydrogen (secondary N) is 1. The highest BCUT2D eigenvalue weighted by Crippen LogP contribution is 2.27. The molecule has 0 bridgehead atoms. The normalized spacial score (nSPS) is 17.0. The van der Waals surface area contributed by atoms with Crippen LogP contribution in [0.4, 0.5) is 11.5 Å². The van der Waals surface area contributed by atoms with E-state index in [0.29, 0.717) is 48.5 Å². The number of nitrogens with zero attached hydrogens (tertiary/aromatic N) is 4. The molecule has 1 aromatic carbocycles. The van der Waals surface area contributed by atoms with E-state index < -0.39 is 5.97 Å². The molecule has 0 atom stereocenters. The van der Waals surface area contributed by atoms with E-state index in [4.69, 9.17) is 0 Å². The predicted molar refractivity (Wildman–Crippen MR) is 122 cm³/mol. The molecule has 9 nitrogen and oxygen atoms in total. The van der Waals surface area contributed by atoms with Gasteiger partial charge in [0, 0.05) is 56.8 Å². The molecule has 2 amide bonds. The van der Waals surface area contributed by atoms with Crippen molar-refractivity contribution in [2.75, 3.05) is 56.0 Å². The zero-order chi connectivity index (χ0) is 22.7. The highest BCUT2D eigenvalue weighted by atomic mass is 16.4. The number of carboxylic acid groups (broad SMARTS) is 1. The number of carbonyl (C=O) groups excluding carboxylic acids is 2. The third-order valence-corrected chi connectivity index (χ3v) is 6.14. The number of aromatic carboxylic acids is 1. The van der Waals surface area contributed by atoms with E-state index in [9.17, 15) is 19.5 Å². The zero-order valence-corrected chi connectivity index (χ0v) is 18.3. The second-order valence-corrected chi connectivity index (χ2v) is 8.32. The maximum absolute atomic E-state index is 12.4. The van der Waals surface area contributed by atoms with Gasteiger partial charge in [0.15, 0.2) is 0 Å². The average Bonchev–Trinajstić information content (AvgIpc) is 3.34. The van der Waals surface area contributed by atoms with Crippen molar-refractivity contribution in [3.8, 4) is 0 Å². The summed E-state index contributed by atoms with van der Waals surface area (Å²) >= 11 is 0. The molecule has 0 aliphatic carbocycles. The molecule has 3 heterocycles. The summed E-state index contributed by atoms with van der Waals surface area (Å²) in [6, 6.07) is 6.73. The van der Waals surface area contributed by atoms with Crippen molar-refractivity contribution in [1.29, 1.82) is 0 Å². The van der Waals surface area contributed by atoms with Gasteiger partial charge >= 0.3 is 5.97 Å². The smallest absolute Gasteiger partial charge is 0.336 e. The number of fused-ring (bicyclic) bond motifs is 1. The Morgan fingerprint density at radius 1 is 1.03 bits per heavy atom. The molecule has 2 aliphatic heterocycles. The van der Waals surface area contributed by atoms with E-state index in [1.165, 1.54) is 0 Å². The molecule has 2 aliphatic rings. The van der Waals surface area contributed by atoms with Crippen molar-refractivity contribution in [2.24, 2.45) is 0 Å². The van der Waals surface area contributed by atoms with E-state index in [0.717, 1.165) is 39.0 Å². The fourth-order valence-corrected chi connectivity index (χ4v) is 4.27. The van der Waals surface area contributed by atoms with Crippen molar-refractivity contribution in [3.63, 3.8) is 0 Å². The fourth-order valence-electron chi connectivity index (χ4n) is 4.27. The van der Waals surface area contributed by atoms with Crippen LogP contribution < -0.4 is 10.2 Å². The van der Waals surface area contributed by atoms with Crippen LogP contribution in [0.5, 0.6) is 0 Å². The van der Waals surface area contributed by atoms with E-state index >= 15 is 0 Å². The number of amides is 2. The van der Waals surface area contributed by atoms with Crippen molar-refractivity contribution in [3.05, 3.63) is 29.8 Å². The number of benzene rings is 1. The topological polar surface area (TPSA) is 106 Å². The molecule has 0 radical (unpaired) electrons. The monoisotopic (exact) mass is 439 g/mol. The minimum absolute atomic E-state index is 0.133. The van der Waals surface area contributed by atoms with Gasteiger partial charge in [-0.05, 0) is 37.1 Å². The van der Waals surface area contributed by atoms with Gasteiger partial charge in [-0.2, -0.15) is 0 Å². The molecule has 2 saturated heterocycles. The summed E-state index contributed by atoms with van der Waals surface area (Å²) < 4.78 is 0. The Morgan fingerprint density at radius 2 is 1.75 bits per heavy atom. The molecular weight excluding hydrogens is 410 g/mol. The number of anilines is 2. The first-order valence-electron chi connectivity index (χ1n) is 11.2. The van der Waals surface area contributed by atoms with Gasteiger partial charge in [-0.15, -0.1) is 0 Å². The van der Waals surface area contributed by atoms with Crippen molar-refractivity contribution < 1.29 is 19.5 Å². The molecule has 170 valence electrons. The summed E-state index contributed by atoms with van der Waals surface area (Å²) in [6.07, 6.45) is 2.52. The van der Waals surface area contributed by atoms with Gasteiger partial charge < -0.3 is 20.2 Å². The van der Waals surface area contributed by atoms with Gasteiger partial charge in [0.05, 0.1) is 17.6 Å². The summed E-state index contributed by atoms with van der Waals surface area (Å²) in [5, 5.41) is 13.0. The Kier molecular flexibility index (Phi) is 6.55. The molecule has 2 aromatic rings. The third-order valence-electron chi connectivity index (χ3n) is 6.14. The number of hydrogen-bond acceptors (Lipinski definition) is 6. The predicted octanol–water partition coefficient (Wildman–Crippen LogP) is 2.03. The van der Waals surface area contributed by atoms with E-state index in [1.807, 2.05) is 4.90 Å². The minimum atomic E-state index is -1.03. The summed E-state index contributed by atoms with van der Waals surface area (Å²) in [5.41, 5.74) is 1.28. The molecule has 4 rings (SSSR count). The highest BCUT2D eigenvalue weighted by Gasteiger charge is 2.25. The Morgan fingerprint density at radius 3 is 2.41 bits per heavy atom. The molecule has 2 N–H and O–H groups in total. The molecule has 2 fully saturated rings. The maximum Gasteiger partial charge on any atom is 0.336 e. The van der Waals surface area contributed by atoms with Crippen LogP contribution in [-0.4, -0.2) is 83.5 Å². The van der Waals surface area contributed by atoms with E-state index in [1.54, 1.807) is 31.2 Å². The fraction of sp³-hybridized carbons (Fsp3) is 0.478. The Bertz CT molecular complexity index is 1030. The quantitative estimate of drug-likeness (QED) is 0.709. The summed E-state index contributed by atoms with van der Waals surface area (Å²) in [7, 11) is 0. The first kappa shape index (κ1) is 22.0. The first-order chi connectivity index (χ1) is 15.4. The molecule has 0 unspecified atom stereocenters. The lowest BCUT2D eigenvalue weighted by Gasteiger charge is -2.35. The summed E-state index contributed by atoms with van der Waals surface area (Å²) in [6.45, 7) is 6.72. The second-order valence-electron chi connectivity index (χ2n) is 8.32. The standard InChI is InChI=1S/C23H29N5O4/c1-2-21(29)24-16-5-6-19-17(13-16)18(23(31)32)14-20(25-19)27-11-9-26(10-12-27)15-22(30)28-7-3-4-8-28/h5-6,13-14H,2-4,7-12,15H2,1H3,(H,24,29)(H,31,32). The van der Waals surface area contributed by atoms with Crippen LogP contribution in [0.3, 0.4) is 0 Å². The van der Waals surface area contributed by atoms with Gasteiger partial charge in [0.25, 0.3) is 0 Å². The number of likely N-dealkylation sites (tertiary alicyclic amines) is 1. The summed E-state index contributed by atoms with van der Waals surface area (Å²) in [4.78, 5) is 46.9. The van der Waals surface area contributed by atoms with Crippen LogP contribution in [0, 0.1) is 0 Å². The maximum atomic E-state index is 12.4. The van der Waals surface area contributed by atoms with Crippen LogP contribution in [0.15, 0.2) is 24.3 Å². The number of pyridine rings is 1. The second kappa shape index (κ2) is 9.52. The van der Waals surface area contributed by atoms with Gasteiger partial charge in [0.1, 0.15) is 5.82 Å². The van der Waals surface area contributed by atoms with Crippen molar-refractivity contribution in [2.45, 2.75) is 26.2 Å². The minimum Gasteiger partial charge on any atom is -0.478 e. The zero-order valence-electron chi connectivity index (χ0n) is 18.3. The number of hydrogen-bond donors (Lipinski definition) is 2. The van der Waals surface area contributed by atoms with Gasteiger partial charge in [0.2, 0.25) is 11.8 Å². The van der Waals surface area contributed by atoms with Gasteiger partial charge in [-0.25, -0.2) is 9.78 Å². The lowest BCUT2D eigenvalue weighted by atomic mass is 10.1. The van der Waals surface area contributed by atoms with E-state index in [2.05, 4.69) is 20.1 Å². The number of carboxylic acids is 1. The lowest BCUT2D eigenvalue weighted by molar-refractivity contribution is -0.131. The molecule has 32 heavy (non-hydrogen) atoms. The molecule has 1 aromatic heterocycles. The van der Waals surface area contributed by atoms with Crippen molar-refractivity contribution >= 4 is 40.2 Å². The van der Waals surface area contributed by atoms with Gasteiger partial charge in [-0.1, -0.05) is 6.92 Å². The van der Waals surface area contributed by atoms with Crippen molar-refractivity contribution in [1.82, 2.24) is 14.8 Å². The summed E-state index contributed by atoms with van der Waals surface area (Å²) in [5.74, 6) is -0.357. The van der Waals surface area contributed by atoms with Gasteiger partial charge in [-0.3, -0.25) is 14.5 Å². The number of carbonyl (C=O) groups is 3. The number of piperazine rings is 1. The molecular formula is C23H29N5O4. The third kappa shape index (κ3) is 4.83. The Balaban J connectivity index is 1.48. The lowest BCUT2D eigenvalue weighted by Crippen LogP contribution is -2.50. The molecule has 0 spiro atoms. The average molecular weight is 440 g/mol. The largest absolute Gasteiger partial charge is 0.478 e. The SMILES string of the molecule is CCC(=O)Nc1ccc2nc(N3CCN(CC(=O)N4CCCC4)CC3)cc(C(=O)O)c2c1. The number of rotatable bonds is 6. The molecule has 9 heteroatoms. The first-order valence-corrected chi connectivity index (χ1v) is 11.2. The van der Waals surface area contributed by atoms with Crippen LogP contribution in [-0.2, 0) is 9.59 Å². The Hall–Kier alpha value is -3.20. The van der Waals surface area contributed by atoms with Crippen LogP contribution >= 0.6 is 0 Å². The molecule has 0 saturated carbocycles.